The van der Waals surface area contributed by atoms with E-state index in [1.54, 1.807) is 31.3 Å². The van der Waals surface area contributed by atoms with Crippen LogP contribution in [0, 0.1) is 5.82 Å². The highest BCUT2D eigenvalue weighted by Crippen LogP contribution is 2.24. The summed E-state index contributed by atoms with van der Waals surface area (Å²) in [6.07, 6.45) is 0.762. The quantitative estimate of drug-likeness (QED) is 0.879. The summed E-state index contributed by atoms with van der Waals surface area (Å²) in [6.45, 7) is 2.00. The van der Waals surface area contributed by atoms with Gasteiger partial charge < -0.3 is 10.6 Å². The largest absolute Gasteiger partial charge is 0.378 e. The molecule has 0 aliphatic carbocycles. The lowest BCUT2D eigenvalue weighted by molar-refractivity contribution is 0.0963. The number of carbonyl (C=O) groups is 1. The van der Waals surface area contributed by atoms with Gasteiger partial charge in [-0.3, -0.25) is 4.79 Å². The number of benzene rings is 2. The number of rotatable bonds is 5. The van der Waals surface area contributed by atoms with Gasteiger partial charge in [0.15, 0.2) is 0 Å². The van der Waals surface area contributed by atoms with Gasteiger partial charge in [0.2, 0.25) is 0 Å². The predicted octanol–water partition coefficient (Wildman–Crippen LogP) is 3.75. The summed E-state index contributed by atoms with van der Waals surface area (Å²) < 4.78 is 13.9. The van der Waals surface area contributed by atoms with Crippen molar-refractivity contribution in [3.8, 4) is 0 Å². The van der Waals surface area contributed by atoms with E-state index in [0.29, 0.717) is 11.1 Å². The maximum absolute atomic E-state index is 13.9. The van der Waals surface area contributed by atoms with Gasteiger partial charge in [-0.2, -0.15) is 0 Å². The minimum atomic E-state index is -0.209. The van der Waals surface area contributed by atoms with Crippen LogP contribution in [0.25, 0.3) is 0 Å². The Morgan fingerprint density at radius 2 is 1.81 bits per heavy atom. The van der Waals surface area contributed by atoms with E-state index in [4.69, 9.17) is 0 Å². The van der Waals surface area contributed by atoms with E-state index in [0.717, 1.165) is 12.1 Å². The van der Waals surface area contributed by atoms with Gasteiger partial charge in [-0.1, -0.05) is 25.1 Å². The second-order valence-electron chi connectivity index (χ2n) is 4.78. The average molecular weight is 286 g/mol. The molecule has 0 bridgehead atoms. The van der Waals surface area contributed by atoms with Gasteiger partial charge in [0.05, 0.1) is 6.04 Å². The molecular formula is C17H19FN2O. The number of anilines is 1. The number of hydrogen-bond acceptors (Lipinski definition) is 2. The van der Waals surface area contributed by atoms with Crippen molar-refractivity contribution in [2.75, 3.05) is 12.4 Å². The van der Waals surface area contributed by atoms with E-state index < -0.39 is 0 Å². The van der Waals surface area contributed by atoms with Crippen LogP contribution in [-0.2, 0) is 0 Å². The summed E-state index contributed by atoms with van der Waals surface area (Å²) >= 11 is 0. The molecule has 0 fully saturated rings. The summed E-state index contributed by atoms with van der Waals surface area (Å²) in [7, 11) is 1.60. The number of nitrogens with one attached hydrogen (secondary N) is 2. The third kappa shape index (κ3) is 3.60. The molecule has 2 aromatic carbocycles. The average Bonchev–Trinajstić information content (AvgIpc) is 2.53. The molecule has 1 atom stereocenters. The highest BCUT2D eigenvalue weighted by molar-refractivity contribution is 5.94. The topological polar surface area (TPSA) is 41.1 Å². The van der Waals surface area contributed by atoms with Crippen LogP contribution in [0.5, 0.6) is 0 Å². The second kappa shape index (κ2) is 6.88. The highest BCUT2D eigenvalue weighted by Gasteiger charge is 2.13. The third-order valence-electron chi connectivity index (χ3n) is 3.40. The van der Waals surface area contributed by atoms with E-state index in [2.05, 4.69) is 10.6 Å². The fourth-order valence-corrected chi connectivity index (χ4v) is 2.22. The molecule has 3 nitrogen and oxygen atoms in total. The Balaban J connectivity index is 2.16. The van der Waals surface area contributed by atoms with E-state index >= 15 is 0 Å². The molecule has 0 heterocycles. The standard InChI is InChI=1S/C17H19FN2O/c1-3-16(14-6-4-5-7-15(14)18)20-13-10-8-12(9-11-13)17(21)19-2/h4-11,16,20H,3H2,1-2H3,(H,19,21). The molecule has 110 valence electrons. The zero-order chi connectivity index (χ0) is 15.2. The first-order chi connectivity index (χ1) is 10.2. The predicted molar refractivity (Wildman–Crippen MR) is 82.9 cm³/mol. The molecule has 2 N–H and O–H groups in total. The van der Waals surface area contributed by atoms with Crippen molar-refractivity contribution in [2.45, 2.75) is 19.4 Å². The van der Waals surface area contributed by atoms with Gasteiger partial charge >= 0.3 is 0 Å². The van der Waals surface area contributed by atoms with Crippen LogP contribution >= 0.6 is 0 Å². The molecule has 2 rings (SSSR count). The molecule has 0 aliphatic heterocycles. The smallest absolute Gasteiger partial charge is 0.251 e. The Hall–Kier alpha value is -2.36. The van der Waals surface area contributed by atoms with Crippen molar-refractivity contribution < 1.29 is 9.18 Å². The van der Waals surface area contributed by atoms with Crippen LogP contribution in [0.1, 0.15) is 35.3 Å². The lowest BCUT2D eigenvalue weighted by atomic mass is 10.0. The molecule has 0 saturated heterocycles. The molecule has 1 unspecified atom stereocenters. The zero-order valence-corrected chi connectivity index (χ0v) is 12.2. The van der Waals surface area contributed by atoms with Crippen LogP contribution < -0.4 is 10.6 Å². The Labute approximate surface area is 124 Å². The van der Waals surface area contributed by atoms with Crippen molar-refractivity contribution in [3.63, 3.8) is 0 Å². The van der Waals surface area contributed by atoms with Gasteiger partial charge in [0.25, 0.3) is 5.91 Å². The normalized spacial score (nSPS) is 11.8. The molecule has 1 amide bonds. The van der Waals surface area contributed by atoms with Gasteiger partial charge in [0, 0.05) is 23.9 Å². The lowest BCUT2D eigenvalue weighted by Crippen LogP contribution is -2.17. The first-order valence-electron chi connectivity index (χ1n) is 6.98. The first kappa shape index (κ1) is 15.0. The van der Waals surface area contributed by atoms with E-state index in [9.17, 15) is 9.18 Å². The van der Waals surface area contributed by atoms with Crippen molar-refractivity contribution in [2.24, 2.45) is 0 Å². The summed E-state index contributed by atoms with van der Waals surface area (Å²) in [5, 5.41) is 5.88. The van der Waals surface area contributed by atoms with Gasteiger partial charge in [-0.25, -0.2) is 4.39 Å². The fraction of sp³-hybridized carbons (Fsp3) is 0.235. The third-order valence-corrected chi connectivity index (χ3v) is 3.40. The molecule has 0 spiro atoms. The first-order valence-corrected chi connectivity index (χ1v) is 6.98. The SMILES string of the molecule is CCC(Nc1ccc(C(=O)NC)cc1)c1ccccc1F. The maximum atomic E-state index is 13.9. The molecule has 0 aromatic heterocycles. The van der Waals surface area contributed by atoms with E-state index in [1.807, 2.05) is 25.1 Å². The Morgan fingerprint density at radius 1 is 1.14 bits per heavy atom. The van der Waals surface area contributed by atoms with Crippen LogP contribution in [0.3, 0.4) is 0 Å². The summed E-state index contributed by atoms with van der Waals surface area (Å²) in [5.74, 6) is -0.332. The molecule has 0 saturated carbocycles. The van der Waals surface area contributed by atoms with Crippen LogP contribution in [0.15, 0.2) is 48.5 Å². The van der Waals surface area contributed by atoms with Crippen LogP contribution in [0.2, 0.25) is 0 Å². The molecule has 2 aromatic rings. The second-order valence-corrected chi connectivity index (χ2v) is 4.78. The molecule has 0 radical (unpaired) electrons. The molecule has 21 heavy (non-hydrogen) atoms. The Morgan fingerprint density at radius 3 is 2.38 bits per heavy atom. The highest BCUT2D eigenvalue weighted by atomic mass is 19.1. The Kier molecular flexibility index (Phi) is 4.93. The molecular weight excluding hydrogens is 267 g/mol. The summed E-state index contributed by atoms with van der Waals surface area (Å²) in [5.41, 5.74) is 2.11. The fourth-order valence-electron chi connectivity index (χ4n) is 2.22. The summed E-state index contributed by atoms with van der Waals surface area (Å²) in [4.78, 5) is 11.5. The number of hydrogen-bond donors (Lipinski definition) is 2. The maximum Gasteiger partial charge on any atom is 0.251 e. The monoisotopic (exact) mass is 286 g/mol. The zero-order valence-electron chi connectivity index (χ0n) is 12.2. The number of halogens is 1. The Bertz CT molecular complexity index is 610. The molecule has 4 heteroatoms. The van der Waals surface area contributed by atoms with Gasteiger partial charge in [-0.05, 0) is 36.8 Å². The van der Waals surface area contributed by atoms with E-state index in [-0.39, 0.29) is 17.8 Å². The minimum Gasteiger partial charge on any atom is -0.378 e. The van der Waals surface area contributed by atoms with Crippen molar-refractivity contribution >= 4 is 11.6 Å². The van der Waals surface area contributed by atoms with Gasteiger partial charge in [-0.15, -0.1) is 0 Å². The molecule has 0 aliphatic rings. The lowest BCUT2D eigenvalue weighted by Gasteiger charge is -2.19. The van der Waals surface area contributed by atoms with Crippen molar-refractivity contribution in [1.29, 1.82) is 0 Å². The van der Waals surface area contributed by atoms with Crippen LogP contribution in [-0.4, -0.2) is 13.0 Å². The minimum absolute atomic E-state index is 0.1000. The van der Waals surface area contributed by atoms with Crippen LogP contribution in [0.4, 0.5) is 10.1 Å². The number of amides is 1. The summed E-state index contributed by atoms with van der Waals surface area (Å²) in [6, 6.07) is 13.8. The van der Waals surface area contributed by atoms with Gasteiger partial charge in [0.1, 0.15) is 5.82 Å². The van der Waals surface area contributed by atoms with Crippen molar-refractivity contribution in [1.82, 2.24) is 5.32 Å². The van der Waals surface area contributed by atoms with E-state index in [1.165, 1.54) is 6.07 Å². The van der Waals surface area contributed by atoms with Crippen molar-refractivity contribution in [3.05, 3.63) is 65.5 Å². The number of carbonyl (C=O) groups excluding carboxylic acids is 1.